The van der Waals surface area contributed by atoms with Gasteiger partial charge in [-0.3, -0.25) is 19.3 Å². The van der Waals surface area contributed by atoms with Crippen molar-refractivity contribution >= 4 is 17.9 Å². The predicted octanol–water partition coefficient (Wildman–Crippen LogP) is 2.48. The molecule has 0 radical (unpaired) electrons. The van der Waals surface area contributed by atoms with Crippen molar-refractivity contribution in [3.8, 4) is 0 Å². The topological polar surface area (TPSA) is 82.1 Å². The van der Waals surface area contributed by atoms with E-state index in [1.54, 1.807) is 0 Å². The first-order valence-corrected chi connectivity index (χ1v) is 12.5. The van der Waals surface area contributed by atoms with Gasteiger partial charge in [0.25, 0.3) is 0 Å². The Morgan fingerprint density at radius 2 is 1.73 bits per heavy atom. The molecule has 0 aromatic carbocycles. The normalized spacial score (nSPS) is 57.9. The third-order valence-corrected chi connectivity index (χ3v) is 11.1. The van der Waals surface area contributed by atoms with Gasteiger partial charge in [-0.2, -0.15) is 0 Å². The fourth-order valence-corrected chi connectivity index (χ4v) is 11.4. The standard InChI is InChI=1S/C26H33NO6/c1-11-7-25-8-16-21-24(5)9-17(31-12(2)28)23(33-14(4)30)26(21)18(25)6-15(11)20(32-13(3)29)19(25)22(26)27(16)10-24/h15-23H,1,6-10H2,2-5H3/t15-,16-,17-,18+,19+,20+,21+,22+,23+,24-,25+,26-/m0/s1. The van der Waals surface area contributed by atoms with E-state index >= 15 is 0 Å². The van der Waals surface area contributed by atoms with Crippen molar-refractivity contribution in [3.63, 3.8) is 0 Å². The van der Waals surface area contributed by atoms with E-state index in [0.29, 0.717) is 17.9 Å². The molecule has 178 valence electrons. The van der Waals surface area contributed by atoms with Crippen LogP contribution in [0, 0.1) is 39.9 Å². The van der Waals surface area contributed by atoms with Gasteiger partial charge in [-0.05, 0) is 48.3 Å². The minimum atomic E-state index is -0.451. The zero-order valence-corrected chi connectivity index (χ0v) is 19.8. The highest BCUT2D eigenvalue weighted by Gasteiger charge is 2.91. The SMILES string of the molecule is C=C1C[C@@]23C[C@H]4[C@@H]5[C@@]6(C)C[C@H](OC(C)=O)[C@@H](OC(C)=O)[C@@]57[C@@H]2C[C@@H]1[C@@H](OC(C)=O)[C@@H]3[C@H]7N4C6. The lowest BCUT2D eigenvalue weighted by molar-refractivity contribution is -0.235. The molecule has 0 N–H and O–H groups in total. The Labute approximate surface area is 194 Å². The second-order valence-electron chi connectivity index (χ2n) is 12.5. The zero-order valence-electron chi connectivity index (χ0n) is 19.8. The van der Waals surface area contributed by atoms with Gasteiger partial charge in [0, 0.05) is 56.7 Å². The lowest BCUT2D eigenvalue weighted by Crippen LogP contribution is -2.68. The van der Waals surface area contributed by atoms with Crippen molar-refractivity contribution in [3.05, 3.63) is 12.2 Å². The van der Waals surface area contributed by atoms with Crippen LogP contribution in [-0.4, -0.2) is 59.7 Å². The van der Waals surface area contributed by atoms with Crippen LogP contribution in [0.1, 0.15) is 53.4 Å². The molecule has 0 aromatic heterocycles. The number of esters is 3. The van der Waals surface area contributed by atoms with E-state index in [9.17, 15) is 14.4 Å². The maximum Gasteiger partial charge on any atom is 0.303 e. The molecule has 2 spiro atoms. The molecule has 6 saturated carbocycles. The Kier molecular flexibility index (Phi) is 3.62. The quantitative estimate of drug-likeness (QED) is 0.367. The number of ether oxygens (including phenoxy) is 3. The van der Waals surface area contributed by atoms with E-state index in [4.69, 9.17) is 14.2 Å². The molecule has 6 aliphatic carbocycles. The van der Waals surface area contributed by atoms with Crippen molar-refractivity contribution in [1.29, 1.82) is 0 Å². The molecule has 3 heterocycles. The number of hydrogen-bond donors (Lipinski definition) is 0. The van der Waals surface area contributed by atoms with Gasteiger partial charge in [0.15, 0.2) is 0 Å². The van der Waals surface area contributed by atoms with Gasteiger partial charge in [-0.25, -0.2) is 0 Å². The fourth-order valence-electron chi connectivity index (χ4n) is 11.4. The predicted molar refractivity (Wildman–Crippen MR) is 115 cm³/mol. The molecule has 3 aliphatic heterocycles. The Hall–Kier alpha value is -1.89. The molecule has 9 bridgehead atoms. The van der Waals surface area contributed by atoms with Gasteiger partial charge < -0.3 is 14.2 Å². The van der Waals surface area contributed by atoms with Crippen molar-refractivity contribution in [2.75, 3.05) is 6.54 Å². The molecule has 33 heavy (non-hydrogen) atoms. The first kappa shape index (κ1) is 20.5. The number of hydrogen-bond acceptors (Lipinski definition) is 7. The smallest absolute Gasteiger partial charge is 0.303 e. The van der Waals surface area contributed by atoms with Crippen molar-refractivity contribution in [1.82, 2.24) is 4.90 Å². The van der Waals surface area contributed by atoms with Crippen molar-refractivity contribution in [2.45, 2.75) is 83.8 Å². The van der Waals surface area contributed by atoms with E-state index in [2.05, 4.69) is 18.4 Å². The van der Waals surface area contributed by atoms with Crippen LogP contribution >= 0.6 is 0 Å². The summed E-state index contributed by atoms with van der Waals surface area (Å²) >= 11 is 0. The van der Waals surface area contributed by atoms with Gasteiger partial charge in [0.2, 0.25) is 0 Å². The summed E-state index contributed by atoms with van der Waals surface area (Å²) in [6.07, 6.45) is 2.68. The third-order valence-electron chi connectivity index (χ3n) is 11.1. The van der Waals surface area contributed by atoms with Crippen LogP contribution in [0.25, 0.3) is 0 Å². The van der Waals surface area contributed by atoms with Crippen molar-refractivity contribution in [2.24, 2.45) is 39.9 Å². The summed E-state index contributed by atoms with van der Waals surface area (Å²) in [6.45, 7) is 12.2. The summed E-state index contributed by atoms with van der Waals surface area (Å²) in [5.41, 5.74) is 0.993. The number of fused-ring (bicyclic) bond motifs is 1. The lowest BCUT2D eigenvalue weighted by Gasteiger charge is -2.65. The van der Waals surface area contributed by atoms with Gasteiger partial charge in [0.1, 0.15) is 18.3 Å². The van der Waals surface area contributed by atoms with Gasteiger partial charge in [0.05, 0.1) is 0 Å². The van der Waals surface area contributed by atoms with Crippen molar-refractivity contribution < 1.29 is 28.6 Å². The molecule has 9 fully saturated rings. The molecule has 7 heteroatoms. The van der Waals surface area contributed by atoms with Crippen LogP contribution in [0.5, 0.6) is 0 Å². The van der Waals surface area contributed by atoms with E-state index in [1.807, 2.05) is 0 Å². The summed E-state index contributed by atoms with van der Waals surface area (Å²) in [5, 5.41) is 0. The largest absolute Gasteiger partial charge is 0.462 e. The molecule has 0 aromatic rings. The summed E-state index contributed by atoms with van der Waals surface area (Å²) in [5.74, 6) is 0.264. The van der Waals surface area contributed by atoms with Crippen LogP contribution in [0.2, 0.25) is 0 Å². The van der Waals surface area contributed by atoms with Gasteiger partial charge in [-0.1, -0.05) is 19.1 Å². The van der Waals surface area contributed by atoms with Crippen LogP contribution in [0.15, 0.2) is 12.2 Å². The highest BCUT2D eigenvalue weighted by atomic mass is 16.6. The minimum absolute atomic E-state index is 0.0181. The number of nitrogens with zero attached hydrogens (tertiary/aromatic N) is 1. The second-order valence-corrected chi connectivity index (χ2v) is 12.5. The van der Waals surface area contributed by atoms with E-state index in [-0.39, 0.29) is 58.1 Å². The number of carbonyl (C=O) groups is 3. The van der Waals surface area contributed by atoms with Gasteiger partial charge >= 0.3 is 17.9 Å². The van der Waals surface area contributed by atoms with E-state index < -0.39 is 12.2 Å². The first-order chi connectivity index (χ1) is 15.5. The summed E-state index contributed by atoms with van der Waals surface area (Å²) in [7, 11) is 0. The maximum atomic E-state index is 12.4. The summed E-state index contributed by atoms with van der Waals surface area (Å²) in [4.78, 5) is 39.5. The molecule has 9 aliphatic rings. The van der Waals surface area contributed by atoms with Crippen LogP contribution < -0.4 is 0 Å². The Balaban J connectivity index is 1.45. The molecule has 3 saturated heterocycles. The Morgan fingerprint density at radius 1 is 1.03 bits per heavy atom. The van der Waals surface area contributed by atoms with Gasteiger partial charge in [-0.15, -0.1) is 0 Å². The van der Waals surface area contributed by atoms with Crippen LogP contribution in [0.4, 0.5) is 0 Å². The summed E-state index contributed by atoms with van der Waals surface area (Å²) < 4.78 is 18.2. The highest BCUT2D eigenvalue weighted by Crippen LogP contribution is 2.87. The summed E-state index contributed by atoms with van der Waals surface area (Å²) in [6, 6.07) is 0.633. The lowest BCUT2D eigenvalue weighted by atomic mass is 9.40. The monoisotopic (exact) mass is 455 g/mol. The Bertz CT molecular complexity index is 1020. The molecule has 7 nitrogen and oxygen atoms in total. The molecule has 9 rings (SSSR count). The average Bonchev–Trinajstić information content (AvgIpc) is 3.11. The molecular formula is C26H33NO6. The highest BCUT2D eigenvalue weighted by molar-refractivity contribution is 5.68. The van der Waals surface area contributed by atoms with Crippen LogP contribution in [-0.2, 0) is 28.6 Å². The second kappa shape index (κ2) is 5.84. The first-order valence-electron chi connectivity index (χ1n) is 12.5. The number of piperidine rings is 2. The molecule has 13 atom stereocenters. The molecular weight excluding hydrogens is 422 g/mol. The van der Waals surface area contributed by atoms with E-state index in [0.717, 1.165) is 32.2 Å². The Morgan fingerprint density at radius 3 is 2.39 bits per heavy atom. The fraction of sp³-hybridized carbons (Fsp3) is 0.808. The molecule has 1 unspecified atom stereocenters. The van der Waals surface area contributed by atoms with Crippen LogP contribution in [0.3, 0.4) is 0 Å². The molecule has 0 amide bonds. The number of rotatable bonds is 3. The number of carbonyl (C=O) groups excluding carboxylic acids is 3. The average molecular weight is 456 g/mol. The minimum Gasteiger partial charge on any atom is -0.462 e. The van der Waals surface area contributed by atoms with E-state index in [1.165, 1.54) is 26.3 Å². The zero-order chi connectivity index (χ0) is 23.2. The third kappa shape index (κ3) is 2.04. The maximum absolute atomic E-state index is 12.4.